The van der Waals surface area contributed by atoms with Gasteiger partial charge in [0, 0.05) is 11.6 Å². The van der Waals surface area contributed by atoms with Crippen molar-refractivity contribution in [2.45, 2.75) is 6.92 Å². The van der Waals surface area contributed by atoms with Crippen LogP contribution in [-0.2, 0) is 14.8 Å². The Bertz CT molecular complexity index is 1160. The summed E-state index contributed by atoms with van der Waals surface area (Å²) in [6.07, 6.45) is 0. The maximum Gasteiger partial charge on any atom is 0.246 e. The molecule has 0 spiro atoms. The van der Waals surface area contributed by atoms with Crippen molar-refractivity contribution in [1.82, 2.24) is 10.2 Å². The van der Waals surface area contributed by atoms with Crippen LogP contribution in [0.25, 0.3) is 10.6 Å². The van der Waals surface area contributed by atoms with Crippen LogP contribution in [0.1, 0.15) is 6.92 Å². The summed E-state index contributed by atoms with van der Waals surface area (Å²) < 4.78 is 36.9. The van der Waals surface area contributed by atoms with Gasteiger partial charge in [-0.15, -0.1) is 10.2 Å². The smallest absolute Gasteiger partial charge is 0.246 e. The maximum absolute atomic E-state index is 12.6. The molecule has 1 aromatic heterocycles. The summed E-state index contributed by atoms with van der Waals surface area (Å²) in [5, 5.41) is 11.6. The van der Waals surface area contributed by atoms with E-state index in [0.717, 1.165) is 9.87 Å². The Morgan fingerprint density at radius 1 is 1.13 bits per heavy atom. The van der Waals surface area contributed by atoms with Crippen molar-refractivity contribution < 1.29 is 22.7 Å². The van der Waals surface area contributed by atoms with Gasteiger partial charge in [0.05, 0.1) is 11.4 Å². The topological polar surface area (TPSA) is 111 Å². The zero-order chi connectivity index (χ0) is 21.1. The van der Waals surface area contributed by atoms with Crippen molar-refractivity contribution in [3.05, 3.63) is 48.5 Å². The highest BCUT2D eigenvalue weighted by Gasteiger charge is 2.26. The molecule has 1 aliphatic rings. The van der Waals surface area contributed by atoms with E-state index in [9.17, 15) is 13.2 Å². The monoisotopic (exact) mass is 446 g/mol. The van der Waals surface area contributed by atoms with Gasteiger partial charge in [0.1, 0.15) is 11.6 Å². The fraction of sp³-hybridized carbons (Fsp3) is 0.211. The van der Waals surface area contributed by atoms with Crippen molar-refractivity contribution >= 4 is 38.1 Å². The Balaban J connectivity index is 1.52. The number of hydrogen-bond acceptors (Lipinski definition) is 8. The summed E-state index contributed by atoms with van der Waals surface area (Å²) in [6, 6.07) is 14.2. The number of amides is 1. The molecule has 156 valence electrons. The van der Waals surface area contributed by atoms with E-state index in [1.54, 1.807) is 18.2 Å². The van der Waals surface area contributed by atoms with E-state index in [2.05, 4.69) is 15.5 Å². The van der Waals surface area contributed by atoms with Gasteiger partial charge in [-0.3, -0.25) is 14.4 Å². The maximum atomic E-state index is 12.6. The molecule has 1 N–H and O–H groups in total. The van der Waals surface area contributed by atoms with Crippen molar-refractivity contribution in [3.63, 3.8) is 0 Å². The third-order valence-corrected chi connectivity index (χ3v) is 6.95. The second kappa shape index (κ2) is 8.28. The summed E-state index contributed by atoms with van der Waals surface area (Å²) in [4.78, 5) is 12.6. The molecule has 0 saturated carbocycles. The second-order valence-electron chi connectivity index (χ2n) is 6.27. The average molecular weight is 447 g/mol. The van der Waals surface area contributed by atoms with Crippen LogP contribution in [0, 0.1) is 0 Å². The number of carbonyl (C=O) groups is 1. The van der Waals surface area contributed by atoms with Gasteiger partial charge < -0.3 is 9.47 Å². The van der Waals surface area contributed by atoms with Crippen LogP contribution >= 0.6 is 11.3 Å². The van der Waals surface area contributed by atoms with E-state index in [0.29, 0.717) is 27.3 Å². The molecule has 0 fully saturated rings. The molecule has 3 aromatic rings. The predicted molar refractivity (Wildman–Crippen MR) is 113 cm³/mol. The fourth-order valence-corrected chi connectivity index (χ4v) is 4.63. The van der Waals surface area contributed by atoms with E-state index < -0.39 is 22.5 Å². The van der Waals surface area contributed by atoms with Crippen LogP contribution in [-0.4, -0.2) is 43.6 Å². The van der Waals surface area contributed by atoms with Gasteiger partial charge in [0.15, 0.2) is 11.5 Å². The van der Waals surface area contributed by atoms with E-state index in [-0.39, 0.29) is 12.5 Å². The molecule has 0 radical (unpaired) electrons. The first-order valence-electron chi connectivity index (χ1n) is 9.05. The second-order valence-corrected chi connectivity index (χ2v) is 9.43. The van der Waals surface area contributed by atoms with Crippen LogP contribution in [0.5, 0.6) is 11.5 Å². The normalized spacial score (nSPS) is 12.6. The summed E-state index contributed by atoms with van der Waals surface area (Å²) in [5.41, 5.74) is 1.20. The molecular formula is C19H18N4O5S2. The van der Waals surface area contributed by atoms with Gasteiger partial charge >= 0.3 is 0 Å². The average Bonchev–Trinajstić information content (AvgIpc) is 3.41. The molecule has 30 heavy (non-hydrogen) atoms. The van der Waals surface area contributed by atoms with Gasteiger partial charge in [-0.05, 0) is 19.1 Å². The lowest BCUT2D eigenvalue weighted by atomic mass is 10.2. The minimum absolute atomic E-state index is 0.0700. The molecule has 4 rings (SSSR count). The number of fused-ring (bicyclic) bond motifs is 1. The zero-order valence-electron chi connectivity index (χ0n) is 15.9. The number of sulfonamides is 1. The first-order chi connectivity index (χ1) is 14.5. The Morgan fingerprint density at radius 3 is 2.67 bits per heavy atom. The van der Waals surface area contributed by atoms with Crippen LogP contribution in [0.2, 0.25) is 0 Å². The number of benzene rings is 2. The molecule has 0 saturated heterocycles. The molecule has 9 nitrogen and oxygen atoms in total. The Hall–Kier alpha value is -3.18. The fourth-order valence-electron chi connectivity index (χ4n) is 2.81. The minimum Gasteiger partial charge on any atom is -0.454 e. The number of carbonyl (C=O) groups excluding carboxylic acids is 1. The van der Waals surface area contributed by atoms with Gasteiger partial charge in [-0.25, -0.2) is 8.42 Å². The number of hydrogen-bond donors (Lipinski definition) is 1. The van der Waals surface area contributed by atoms with Crippen molar-refractivity contribution in [3.8, 4) is 22.1 Å². The Kier molecular flexibility index (Phi) is 5.55. The third kappa shape index (κ3) is 4.21. The Morgan fingerprint density at radius 2 is 1.90 bits per heavy atom. The molecule has 1 aliphatic heterocycles. The van der Waals surface area contributed by atoms with Crippen molar-refractivity contribution in [1.29, 1.82) is 0 Å². The highest BCUT2D eigenvalue weighted by Crippen LogP contribution is 2.36. The van der Waals surface area contributed by atoms with Crippen LogP contribution in [0.4, 0.5) is 10.8 Å². The summed E-state index contributed by atoms with van der Waals surface area (Å²) in [5.74, 6) is 0.270. The van der Waals surface area contributed by atoms with Gasteiger partial charge in [-0.1, -0.05) is 41.7 Å². The van der Waals surface area contributed by atoms with Gasteiger partial charge in [0.25, 0.3) is 0 Å². The number of nitrogens with one attached hydrogen (secondary N) is 1. The lowest BCUT2D eigenvalue weighted by Gasteiger charge is -2.23. The molecule has 2 heterocycles. The molecule has 2 aromatic carbocycles. The molecular weight excluding hydrogens is 428 g/mol. The third-order valence-electron chi connectivity index (χ3n) is 4.32. The van der Waals surface area contributed by atoms with Crippen LogP contribution in [0.15, 0.2) is 48.5 Å². The lowest BCUT2D eigenvalue weighted by molar-refractivity contribution is -0.114. The molecule has 11 heteroatoms. The zero-order valence-corrected chi connectivity index (χ0v) is 17.6. The molecule has 0 unspecified atom stereocenters. The number of aromatic nitrogens is 2. The van der Waals surface area contributed by atoms with Gasteiger partial charge in [0.2, 0.25) is 27.9 Å². The lowest BCUT2D eigenvalue weighted by Crippen LogP contribution is -2.39. The summed E-state index contributed by atoms with van der Waals surface area (Å²) >= 11 is 1.21. The summed E-state index contributed by atoms with van der Waals surface area (Å²) in [7, 11) is -3.71. The number of ether oxygens (including phenoxy) is 2. The molecule has 1 amide bonds. The molecule has 0 aliphatic carbocycles. The molecule has 0 bridgehead atoms. The first kappa shape index (κ1) is 20.1. The Labute approximate surface area is 177 Å². The van der Waals surface area contributed by atoms with E-state index in [4.69, 9.17) is 9.47 Å². The number of nitrogens with zero attached hydrogens (tertiary/aromatic N) is 3. The SMILES string of the molecule is CCS(=O)(=O)N(CC(=O)Nc1nnc(-c2ccccc2)s1)c1ccc2c(c1)OCO2. The van der Waals surface area contributed by atoms with E-state index >= 15 is 0 Å². The number of rotatable bonds is 7. The highest BCUT2D eigenvalue weighted by atomic mass is 32.2. The van der Waals surface area contributed by atoms with E-state index in [1.165, 1.54) is 18.3 Å². The minimum atomic E-state index is -3.71. The van der Waals surface area contributed by atoms with E-state index in [1.807, 2.05) is 30.3 Å². The highest BCUT2D eigenvalue weighted by molar-refractivity contribution is 7.92. The number of anilines is 2. The first-order valence-corrected chi connectivity index (χ1v) is 11.5. The molecule has 0 atom stereocenters. The van der Waals surface area contributed by atoms with Crippen molar-refractivity contribution in [2.24, 2.45) is 0 Å². The predicted octanol–water partition coefficient (Wildman–Crippen LogP) is 2.73. The van der Waals surface area contributed by atoms with Crippen LogP contribution in [0.3, 0.4) is 0 Å². The standard InChI is InChI=1S/C19H18N4O5S2/c1-2-30(25,26)23(14-8-9-15-16(10-14)28-12-27-15)11-17(24)20-19-22-21-18(29-19)13-6-4-3-5-7-13/h3-10H,2,11-12H2,1H3,(H,20,22,24). The van der Waals surface area contributed by atoms with Crippen molar-refractivity contribution in [2.75, 3.05) is 28.7 Å². The quantitative estimate of drug-likeness (QED) is 0.594. The van der Waals surface area contributed by atoms with Crippen LogP contribution < -0.4 is 19.1 Å². The largest absolute Gasteiger partial charge is 0.454 e. The summed E-state index contributed by atoms with van der Waals surface area (Å²) in [6.45, 7) is 1.18. The van der Waals surface area contributed by atoms with Gasteiger partial charge in [-0.2, -0.15) is 0 Å².